The predicted octanol–water partition coefficient (Wildman–Crippen LogP) is 3.57. The Labute approximate surface area is 167 Å². The minimum Gasteiger partial charge on any atom is -0.379 e. The molecule has 29 heavy (non-hydrogen) atoms. The number of pyridine rings is 1. The maximum atomic E-state index is 12.2. The van der Waals surface area contributed by atoms with Crippen LogP contribution in [0.15, 0.2) is 77.7 Å². The van der Waals surface area contributed by atoms with Crippen LogP contribution in [0.4, 0.5) is 17.1 Å². The maximum Gasteiger partial charge on any atom is 0.285 e. The van der Waals surface area contributed by atoms with Crippen LogP contribution in [0.3, 0.4) is 0 Å². The highest BCUT2D eigenvalue weighted by Gasteiger charge is 2.11. The van der Waals surface area contributed by atoms with Crippen molar-refractivity contribution in [1.82, 2.24) is 4.57 Å². The van der Waals surface area contributed by atoms with E-state index in [9.17, 15) is 19.7 Å². The third kappa shape index (κ3) is 5.29. The van der Waals surface area contributed by atoms with Crippen molar-refractivity contribution in [1.29, 1.82) is 0 Å². The molecule has 0 aliphatic rings. The van der Waals surface area contributed by atoms with Gasteiger partial charge in [-0.3, -0.25) is 24.3 Å². The molecule has 3 rings (SSSR count). The van der Waals surface area contributed by atoms with Crippen molar-refractivity contribution in [2.24, 2.45) is 0 Å². The van der Waals surface area contributed by atoms with E-state index in [2.05, 4.69) is 17.6 Å². The number of carbonyl (C=O) groups is 1. The molecule has 0 aliphatic carbocycles. The van der Waals surface area contributed by atoms with Gasteiger partial charge >= 0.3 is 0 Å². The zero-order valence-electron chi connectivity index (χ0n) is 15.7. The summed E-state index contributed by atoms with van der Waals surface area (Å²) in [6.07, 6.45) is 1.06. The first kappa shape index (κ1) is 19.8. The zero-order chi connectivity index (χ0) is 20.8. The van der Waals surface area contributed by atoms with Crippen LogP contribution in [-0.4, -0.2) is 15.4 Å². The number of anilines is 2. The summed E-state index contributed by atoms with van der Waals surface area (Å²) < 4.78 is 1.00. The molecular weight excluding hydrogens is 372 g/mol. The summed E-state index contributed by atoms with van der Waals surface area (Å²) in [5.74, 6) is -0.453. The molecule has 1 unspecified atom stereocenters. The van der Waals surface area contributed by atoms with Crippen molar-refractivity contribution in [3.63, 3.8) is 0 Å². The molecule has 8 heteroatoms. The topological polar surface area (TPSA) is 106 Å². The lowest BCUT2D eigenvalue weighted by molar-refractivity contribution is -0.385. The second-order valence-electron chi connectivity index (χ2n) is 6.51. The van der Waals surface area contributed by atoms with Crippen LogP contribution in [0.5, 0.6) is 0 Å². The highest BCUT2D eigenvalue weighted by atomic mass is 16.6. The average Bonchev–Trinajstić information content (AvgIpc) is 2.71. The quantitative estimate of drug-likeness (QED) is 0.472. The zero-order valence-corrected chi connectivity index (χ0v) is 15.7. The molecule has 8 nitrogen and oxygen atoms in total. The Kier molecular flexibility index (Phi) is 6.03. The smallest absolute Gasteiger partial charge is 0.285 e. The summed E-state index contributed by atoms with van der Waals surface area (Å²) in [4.78, 5) is 34.2. The normalized spacial score (nSPS) is 11.5. The Morgan fingerprint density at radius 3 is 2.34 bits per heavy atom. The molecule has 0 aliphatic heterocycles. The number of nitro groups is 1. The summed E-state index contributed by atoms with van der Waals surface area (Å²) in [5.41, 5.74) is 1.88. The van der Waals surface area contributed by atoms with Crippen LogP contribution in [0.2, 0.25) is 0 Å². The van der Waals surface area contributed by atoms with Crippen molar-refractivity contribution >= 4 is 23.0 Å². The first-order valence-corrected chi connectivity index (χ1v) is 8.98. The van der Waals surface area contributed by atoms with Crippen LogP contribution < -0.4 is 16.2 Å². The molecule has 1 aromatic heterocycles. The number of hydrogen-bond acceptors (Lipinski definition) is 5. The number of aromatic nitrogens is 1. The monoisotopic (exact) mass is 392 g/mol. The molecule has 2 aromatic carbocycles. The Bertz CT molecular complexity index is 1060. The second kappa shape index (κ2) is 8.83. The van der Waals surface area contributed by atoms with Gasteiger partial charge in [0.2, 0.25) is 5.91 Å². The fourth-order valence-electron chi connectivity index (χ4n) is 2.83. The summed E-state index contributed by atoms with van der Waals surface area (Å²) in [5, 5.41) is 16.9. The van der Waals surface area contributed by atoms with E-state index in [-0.39, 0.29) is 18.3 Å². The number of nitrogens with zero attached hydrogens (tertiary/aromatic N) is 2. The van der Waals surface area contributed by atoms with Crippen molar-refractivity contribution in [3.8, 4) is 0 Å². The fourth-order valence-corrected chi connectivity index (χ4v) is 2.83. The summed E-state index contributed by atoms with van der Waals surface area (Å²) >= 11 is 0. The molecule has 2 N–H and O–H groups in total. The van der Waals surface area contributed by atoms with Crippen LogP contribution >= 0.6 is 0 Å². The van der Waals surface area contributed by atoms with Gasteiger partial charge in [-0.25, -0.2) is 0 Å². The third-order valence-corrected chi connectivity index (χ3v) is 4.34. The van der Waals surface area contributed by atoms with E-state index >= 15 is 0 Å². The highest BCUT2D eigenvalue weighted by Crippen LogP contribution is 2.20. The van der Waals surface area contributed by atoms with Gasteiger partial charge in [-0.2, -0.15) is 0 Å². The molecule has 1 atom stereocenters. The second-order valence-corrected chi connectivity index (χ2v) is 6.51. The van der Waals surface area contributed by atoms with Gasteiger partial charge in [0.15, 0.2) is 0 Å². The predicted molar refractivity (Wildman–Crippen MR) is 111 cm³/mol. The molecule has 0 fully saturated rings. The van der Waals surface area contributed by atoms with Crippen LogP contribution in [-0.2, 0) is 11.3 Å². The van der Waals surface area contributed by atoms with Gasteiger partial charge in [0.1, 0.15) is 6.54 Å². The van der Waals surface area contributed by atoms with Crippen molar-refractivity contribution < 1.29 is 9.72 Å². The van der Waals surface area contributed by atoms with Crippen LogP contribution in [0, 0.1) is 10.1 Å². The van der Waals surface area contributed by atoms with E-state index in [0.29, 0.717) is 5.69 Å². The summed E-state index contributed by atoms with van der Waals surface area (Å²) in [7, 11) is 0. The minimum absolute atomic E-state index is 0.123. The van der Waals surface area contributed by atoms with Crippen molar-refractivity contribution in [2.45, 2.75) is 19.5 Å². The number of nitrogens with one attached hydrogen (secondary N) is 2. The van der Waals surface area contributed by atoms with E-state index in [0.717, 1.165) is 34.1 Å². The number of carbonyl (C=O) groups excluding carboxylic acids is 1. The number of rotatable bonds is 7. The first-order valence-electron chi connectivity index (χ1n) is 8.98. The minimum atomic E-state index is -0.615. The van der Waals surface area contributed by atoms with E-state index in [1.54, 1.807) is 12.1 Å². The van der Waals surface area contributed by atoms with E-state index in [4.69, 9.17) is 0 Å². The standard InChI is InChI=1S/C21H20N4O4/c1-15(16-5-3-2-4-6-16)22-17-7-9-18(10-8-17)23-20(26)14-24-13-19(25(28)29)11-12-21(24)27/h2-13,15,22H,14H2,1H3,(H,23,26). The van der Waals surface area contributed by atoms with Crippen molar-refractivity contribution in [2.75, 3.05) is 10.6 Å². The molecule has 0 radical (unpaired) electrons. The fraction of sp³-hybridized carbons (Fsp3) is 0.143. The van der Waals surface area contributed by atoms with Crippen LogP contribution in [0.1, 0.15) is 18.5 Å². The van der Waals surface area contributed by atoms with E-state index < -0.39 is 16.4 Å². The third-order valence-electron chi connectivity index (χ3n) is 4.34. The van der Waals surface area contributed by atoms with Gasteiger partial charge in [-0.05, 0) is 36.8 Å². The van der Waals surface area contributed by atoms with Crippen LogP contribution in [0.25, 0.3) is 0 Å². The number of benzene rings is 2. The number of hydrogen-bond donors (Lipinski definition) is 2. The lowest BCUT2D eigenvalue weighted by Gasteiger charge is -2.16. The molecule has 1 amide bonds. The molecule has 0 saturated carbocycles. The molecule has 0 bridgehead atoms. The van der Waals surface area contributed by atoms with E-state index in [1.165, 1.54) is 0 Å². The summed E-state index contributed by atoms with van der Waals surface area (Å²) in [6, 6.07) is 19.5. The molecule has 0 spiro atoms. The Morgan fingerprint density at radius 1 is 1.03 bits per heavy atom. The Hall–Kier alpha value is -3.94. The molecule has 148 valence electrons. The Balaban J connectivity index is 1.61. The summed E-state index contributed by atoms with van der Waals surface area (Å²) in [6.45, 7) is 1.74. The highest BCUT2D eigenvalue weighted by molar-refractivity contribution is 5.90. The SMILES string of the molecule is CC(Nc1ccc(NC(=O)Cn2cc([N+](=O)[O-])ccc2=O)cc1)c1ccccc1. The molecule has 0 saturated heterocycles. The maximum absolute atomic E-state index is 12.2. The van der Waals surface area contributed by atoms with Crippen molar-refractivity contribution in [3.05, 3.63) is 99.0 Å². The van der Waals surface area contributed by atoms with Gasteiger partial charge in [-0.1, -0.05) is 30.3 Å². The van der Waals surface area contributed by atoms with Gasteiger partial charge in [0.25, 0.3) is 11.2 Å². The first-order chi connectivity index (χ1) is 13.9. The largest absolute Gasteiger partial charge is 0.379 e. The molecular formula is C21H20N4O4. The lowest BCUT2D eigenvalue weighted by Crippen LogP contribution is -2.26. The van der Waals surface area contributed by atoms with Gasteiger partial charge < -0.3 is 10.6 Å². The Morgan fingerprint density at radius 2 is 1.69 bits per heavy atom. The lowest BCUT2D eigenvalue weighted by atomic mass is 10.1. The molecule has 3 aromatic rings. The van der Waals surface area contributed by atoms with E-state index in [1.807, 2.05) is 42.5 Å². The average molecular weight is 392 g/mol. The van der Waals surface area contributed by atoms with Gasteiger partial charge in [0, 0.05) is 29.5 Å². The number of amides is 1. The van der Waals surface area contributed by atoms with Gasteiger partial charge in [0.05, 0.1) is 11.1 Å². The van der Waals surface area contributed by atoms with Gasteiger partial charge in [-0.15, -0.1) is 0 Å². The molecule has 1 heterocycles.